The first-order chi connectivity index (χ1) is 8.34. The fraction of sp³-hybridized carbons (Fsp3) is 0.929. The number of nitrogens with zero attached hydrogens (tertiary/aromatic N) is 1. The second-order valence-electron chi connectivity index (χ2n) is 6.06. The van der Waals surface area contributed by atoms with Crippen LogP contribution in [-0.2, 0) is 4.79 Å². The van der Waals surface area contributed by atoms with Crippen LogP contribution in [0.3, 0.4) is 0 Å². The van der Waals surface area contributed by atoms with Gasteiger partial charge in [0.15, 0.2) is 0 Å². The van der Waals surface area contributed by atoms with Crippen molar-refractivity contribution in [1.29, 1.82) is 0 Å². The predicted octanol–water partition coefficient (Wildman–Crippen LogP) is 1.78. The number of hydrogen-bond acceptors (Lipinski definition) is 2. The normalized spacial score (nSPS) is 29.8. The van der Waals surface area contributed by atoms with Gasteiger partial charge in [-0.25, -0.2) is 0 Å². The number of amides is 1. The standard InChI is InChI=1S/C14H24N2O/c17-14(12-4-1-5-12)16(13-6-7-13)10-11-3-2-8-15-9-11/h11-13,15H,1-10H2. The summed E-state index contributed by atoms with van der Waals surface area (Å²) < 4.78 is 0. The predicted molar refractivity (Wildman–Crippen MR) is 67.7 cm³/mol. The molecule has 1 saturated heterocycles. The first kappa shape index (κ1) is 11.5. The molecule has 1 N–H and O–H groups in total. The SMILES string of the molecule is O=C(C1CCC1)N(CC1CCCNC1)C1CC1. The van der Waals surface area contributed by atoms with Crippen molar-refractivity contribution >= 4 is 5.91 Å². The molecule has 1 heterocycles. The molecule has 0 aromatic carbocycles. The minimum absolute atomic E-state index is 0.382. The first-order valence-electron chi connectivity index (χ1n) is 7.36. The summed E-state index contributed by atoms with van der Waals surface area (Å²) in [4.78, 5) is 14.6. The molecule has 1 unspecified atom stereocenters. The van der Waals surface area contributed by atoms with Gasteiger partial charge in [0.25, 0.3) is 0 Å². The molecule has 2 aliphatic carbocycles. The zero-order valence-electron chi connectivity index (χ0n) is 10.7. The van der Waals surface area contributed by atoms with Crippen LogP contribution in [0.1, 0.15) is 44.9 Å². The molecule has 3 rings (SSSR count). The van der Waals surface area contributed by atoms with E-state index in [4.69, 9.17) is 0 Å². The highest BCUT2D eigenvalue weighted by Crippen LogP contribution is 2.34. The van der Waals surface area contributed by atoms with Crippen LogP contribution in [0, 0.1) is 11.8 Å². The average Bonchev–Trinajstić information content (AvgIpc) is 3.08. The second-order valence-corrected chi connectivity index (χ2v) is 6.06. The maximum atomic E-state index is 12.4. The molecule has 0 aromatic rings. The van der Waals surface area contributed by atoms with Crippen LogP contribution in [0.4, 0.5) is 0 Å². The Morgan fingerprint density at radius 3 is 2.47 bits per heavy atom. The van der Waals surface area contributed by atoms with E-state index in [0.717, 1.165) is 32.5 Å². The van der Waals surface area contributed by atoms with Crippen molar-refractivity contribution in [2.45, 2.75) is 51.0 Å². The molecule has 0 spiro atoms. The van der Waals surface area contributed by atoms with Crippen LogP contribution in [0.2, 0.25) is 0 Å². The molecule has 2 saturated carbocycles. The van der Waals surface area contributed by atoms with Gasteiger partial charge in [0, 0.05) is 18.5 Å². The van der Waals surface area contributed by atoms with Gasteiger partial charge < -0.3 is 10.2 Å². The molecular formula is C14H24N2O. The van der Waals surface area contributed by atoms with Gasteiger partial charge in [0.2, 0.25) is 5.91 Å². The number of nitrogens with one attached hydrogen (secondary N) is 1. The summed E-state index contributed by atoms with van der Waals surface area (Å²) in [5.41, 5.74) is 0. The summed E-state index contributed by atoms with van der Waals surface area (Å²) in [7, 11) is 0. The summed E-state index contributed by atoms with van der Waals surface area (Å²) in [6.45, 7) is 3.30. The van der Waals surface area contributed by atoms with Crippen LogP contribution in [0.25, 0.3) is 0 Å². The van der Waals surface area contributed by atoms with E-state index in [9.17, 15) is 4.79 Å². The van der Waals surface area contributed by atoms with Gasteiger partial charge in [0.05, 0.1) is 0 Å². The Hall–Kier alpha value is -0.570. The van der Waals surface area contributed by atoms with Crippen molar-refractivity contribution < 1.29 is 4.79 Å². The van der Waals surface area contributed by atoms with Crippen LogP contribution in [0.5, 0.6) is 0 Å². The number of hydrogen-bond donors (Lipinski definition) is 1. The third-order valence-electron chi connectivity index (χ3n) is 4.58. The van der Waals surface area contributed by atoms with E-state index in [2.05, 4.69) is 10.2 Å². The Morgan fingerprint density at radius 2 is 1.94 bits per heavy atom. The Balaban J connectivity index is 1.57. The van der Waals surface area contributed by atoms with Crippen molar-refractivity contribution in [3.8, 4) is 0 Å². The first-order valence-corrected chi connectivity index (χ1v) is 7.36. The number of rotatable bonds is 4. The molecule has 1 aliphatic heterocycles. The van der Waals surface area contributed by atoms with E-state index in [0.29, 0.717) is 23.8 Å². The highest BCUT2D eigenvalue weighted by Gasteiger charge is 2.38. The molecule has 1 atom stereocenters. The van der Waals surface area contributed by atoms with E-state index in [-0.39, 0.29) is 0 Å². The van der Waals surface area contributed by atoms with Crippen LogP contribution >= 0.6 is 0 Å². The molecule has 3 fully saturated rings. The molecule has 0 aromatic heterocycles. The third kappa shape index (κ3) is 2.65. The number of piperidine rings is 1. The summed E-state index contributed by atoms with van der Waals surface area (Å²) in [5, 5.41) is 3.46. The largest absolute Gasteiger partial charge is 0.339 e. The maximum Gasteiger partial charge on any atom is 0.225 e. The lowest BCUT2D eigenvalue weighted by atomic mass is 9.84. The Bertz CT molecular complexity index is 278. The van der Waals surface area contributed by atoms with Crippen molar-refractivity contribution in [3.05, 3.63) is 0 Å². The average molecular weight is 236 g/mol. The minimum Gasteiger partial charge on any atom is -0.339 e. The lowest BCUT2D eigenvalue weighted by Crippen LogP contribution is -2.45. The van der Waals surface area contributed by atoms with Gasteiger partial charge in [-0.2, -0.15) is 0 Å². The fourth-order valence-electron chi connectivity index (χ4n) is 3.05. The lowest BCUT2D eigenvalue weighted by Gasteiger charge is -2.35. The molecular weight excluding hydrogens is 212 g/mol. The number of carbonyl (C=O) groups is 1. The highest BCUT2D eigenvalue weighted by molar-refractivity contribution is 5.80. The molecule has 17 heavy (non-hydrogen) atoms. The van der Waals surface area contributed by atoms with Crippen molar-refractivity contribution in [2.24, 2.45) is 11.8 Å². The van der Waals surface area contributed by atoms with E-state index < -0.39 is 0 Å². The van der Waals surface area contributed by atoms with Crippen molar-refractivity contribution in [3.63, 3.8) is 0 Å². The van der Waals surface area contributed by atoms with Gasteiger partial charge in [-0.05, 0) is 57.5 Å². The third-order valence-corrected chi connectivity index (χ3v) is 4.58. The Kier molecular flexibility index (Phi) is 3.37. The van der Waals surface area contributed by atoms with E-state index >= 15 is 0 Å². The summed E-state index contributed by atoms with van der Waals surface area (Å²) >= 11 is 0. The minimum atomic E-state index is 0.382. The molecule has 0 radical (unpaired) electrons. The number of carbonyl (C=O) groups excluding carboxylic acids is 1. The zero-order valence-corrected chi connectivity index (χ0v) is 10.7. The molecule has 96 valence electrons. The molecule has 1 amide bonds. The quantitative estimate of drug-likeness (QED) is 0.807. The van der Waals surface area contributed by atoms with Gasteiger partial charge in [0.1, 0.15) is 0 Å². The van der Waals surface area contributed by atoms with Crippen LogP contribution < -0.4 is 5.32 Å². The van der Waals surface area contributed by atoms with Crippen molar-refractivity contribution in [2.75, 3.05) is 19.6 Å². The lowest BCUT2D eigenvalue weighted by molar-refractivity contribution is -0.139. The van der Waals surface area contributed by atoms with Crippen LogP contribution in [0.15, 0.2) is 0 Å². The molecule has 3 aliphatic rings. The van der Waals surface area contributed by atoms with Crippen molar-refractivity contribution in [1.82, 2.24) is 10.2 Å². The Morgan fingerprint density at radius 1 is 1.12 bits per heavy atom. The van der Waals surface area contributed by atoms with E-state index in [1.807, 2.05) is 0 Å². The monoisotopic (exact) mass is 236 g/mol. The van der Waals surface area contributed by atoms with Gasteiger partial charge in [-0.15, -0.1) is 0 Å². The van der Waals surface area contributed by atoms with Gasteiger partial charge in [-0.3, -0.25) is 4.79 Å². The second kappa shape index (κ2) is 4.97. The molecule has 3 heteroatoms. The summed E-state index contributed by atoms with van der Waals surface area (Å²) in [6, 6.07) is 0.602. The highest BCUT2D eigenvalue weighted by atomic mass is 16.2. The van der Waals surface area contributed by atoms with E-state index in [1.54, 1.807) is 0 Å². The smallest absolute Gasteiger partial charge is 0.225 e. The molecule has 3 nitrogen and oxygen atoms in total. The zero-order chi connectivity index (χ0) is 11.7. The van der Waals surface area contributed by atoms with Crippen LogP contribution in [-0.4, -0.2) is 36.5 Å². The molecule has 0 bridgehead atoms. The van der Waals surface area contributed by atoms with E-state index in [1.165, 1.54) is 32.1 Å². The summed E-state index contributed by atoms with van der Waals surface area (Å²) in [5.74, 6) is 1.56. The maximum absolute atomic E-state index is 12.4. The van der Waals surface area contributed by atoms with Gasteiger partial charge in [-0.1, -0.05) is 6.42 Å². The van der Waals surface area contributed by atoms with Gasteiger partial charge >= 0.3 is 0 Å². The fourth-order valence-corrected chi connectivity index (χ4v) is 3.05. The summed E-state index contributed by atoms with van der Waals surface area (Å²) in [6.07, 6.45) is 8.63. The Labute approximate surface area is 104 Å². The topological polar surface area (TPSA) is 32.3 Å².